The van der Waals surface area contributed by atoms with E-state index in [-0.39, 0.29) is 5.56 Å². The third-order valence-electron chi connectivity index (χ3n) is 3.54. The molecule has 5 heteroatoms. The van der Waals surface area contributed by atoms with Crippen molar-refractivity contribution in [2.45, 2.75) is 0 Å². The quantitative estimate of drug-likeness (QED) is 0.545. The summed E-state index contributed by atoms with van der Waals surface area (Å²) in [4.78, 5) is 11.3. The highest BCUT2D eigenvalue weighted by atomic mass is 79.9. The number of anilines is 2. The molecular formula is C19H13BrClNO2. The van der Waals surface area contributed by atoms with Crippen LogP contribution in [0.15, 0.2) is 71.2 Å². The first-order chi connectivity index (χ1) is 11.5. The molecule has 3 rings (SSSR count). The Labute approximate surface area is 153 Å². The van der Waals surface area contributed by atoms with E-state index in [0.717, 1.165) is 21.3 Å². The van der Waals surface area contributed by atoms with Crippen LogP contribution in [0.2, 0.25) is 5.02 Å². The topological polar surface area (TPSA) is 49.3 Å². The van der Waals surface area contributed by atoms with Crippen molar-refractivity contribution in [1.82, 2.24) is 0 Å². The molecule has 0 saturated heterocycles. The van der Waals surface area contributed by atoms with E-state index in [1.807, 2.05) is 36.4 Å². The summed E-state index contributed by atoms with van der Waals surface area (Å²) < 4.78 is 0.980. The first-order valence-corrected chi connectivity index (χ1v) is 8.36. The molecule has 120 valence electrons. The summed E-state index contributed by atoms with van der Waals surface area (Å²) in [6.45, 7) is 0. The number of hydrogen-bond acceptors (Lipinski definition) is 2. The summed E-state index contributed by atoms with van der Waals surface area (Å²) in [6.07, 6.45) is 0. The maximum absolute atomic E-state index is 11.3. The van der Waals surface area contributed by atoms with Crippen molar-refractivity contribution in [2.75, 3.05) is 5.32 Å². The molecule has 0 heterocycles. The standard InChI is InChI=1S/C19H13BrClNO2/c20-13-5-3-4-12(10-13)15-9-8-14(11-17(15)21)22-18-7-2-1-6-16(18)19(23)24/h1-11,22H,(H,23,24). The van der Waals surface area contributed by atoms with Gasteiger partial charge >= 0.3 is 5.97 Å². The predicted octanol–water partition coefficient (Wildman–Crippen LogP) is 6.21. The van der Waals surface area contributed by atoms with Gasteiger partial charge in [-0.25, -0.2) is 4.79 Å². The van der Waals surface area contributed by atoms with Gasteiger partial charge in [-0.05, 0) is 42.0 Å². The third kappa shape index (κ3) is 3.61. The number of carboxylic acids is 1. The van der Waals surface area contributed by atoms with Crippen LogP contribution >= 0.6 is 27.5 Å². The van der Waals surface area contributed by atoms with Crippen LogP contribution in [0.4, 0.5) is 11.4 Å². The highest BCUT2D eigenvalue weighted by molar-refractivity contribution is 9.10. The van der Waals surface area contributed by atoms with Gasteiger partial charge in [0.15, 0.2) is 0 Å². The largest absolute Gasteiger partial charge is 0.478 e. The minimum absolute atomic E-state index is 0.213. The van der Waals surface area contributed by atoms with E-state index < -0.39 is 5.97 Å². The lowest BCUT2D eigenvalue weighted by molar-refractivity contribution is 0.0698. The number of rotatable bonds is 4. The lowest BCUT2D eigenvalue weighted by atomic mass is 10.1. The molecular weight excluding hydrogens is 390 g/mol. The Morgan fingerprint density at radius 3 is 2.50 bits per heavy atom. The van der Waals surface area contributed by atoms with Crippen LogP contribution < -0.4 is 5.32 Å². The normalized spacial score (nSPS) is 10.4. The van der Waals surface area contributed by atoms with E-state index in [0.29, 0.717) is 10.7 Å². The molecule has 0 atom stereocenters. The zero-order valence-corrected chi connectivity index (χ0v) is 14.8. The van der Waals surface area contributed by atoms with Crippen LogP contribution in [0.5, 0.6) is 0 Å². The van der Waals surface area contributed by atoms with Gasteiger partial charge in [0, 0.05) is 15.7 Å². The molecule has 0 amide bonds. The van der Waals surface area contributed by atoms with Crippen LogP contribution in [-0.4, -0.2) is 11.1 Å². The molecule has 0 spiro atoms. The summed E-state index contributed by atoms with van der Waals surface area (Å²) >= 11 is 9.87. The molecule has 0 unspecified atom stereocenters. The van der Waals surface area contributed by atoms with Crippen LogP contribution in [0.25, 0.3) is 11.1 Å². The summed E-state index contributed by atoms with van der Waals surface area (Å²) in [5, 5.41) is 12.9. The number of para-hydroxylation sites is 1. The fraction of sp³-hybridized carbons (Fsp3) is 0. The number of hydrogen-bond donors (Lipinski definition) is 2. The van der Waals surface area contributed by atoms with Gasteiger partial charge in [-0.15, -0.1) is 0 Å². The molecule has 0 aliphatic heterocycles. The molecule has 0 aromatic heterocycles. The number of aromatic carboxylic acids is 1. The molecule has 24 heavy (non-hydrogen) atoms. The van der Waals surface area contributed by atoms with Crippen LogP contribution in [0, 0.1) is 0 Å². The van der Waals surface area contributed by atoms with E-state index in [1.165, 1.54) is 0 Å². The number of carboxylic acid groups (broad SMARTS) is 1. The molecule has 2 N–H and O–H groups in total. The Morgan fingerprint density at radius 1 is 1.00 bits per heavy atom. The first-order valence-electron chi connectivity index (χ1n) is 7.19. The van der Waals surface area contributed by atoms with Gasteiger partial charge in [0.25, 0.3) is 0 Å². The van der Waals surface area contributed by atoms with Gasteiger partial charge in [-0.1, -0.05) is 57.9 Å². The highest BCUT2D eigenvalue weighted by Gasteiger charge is 2.10. The second-order valence-corrected chi connectivity index (χ2v) is 6.50. The van der Waals surface area contributed by atoms with Crippen molar-refractivity contribution >= 4 is 44.9 Å². The zero-order valence-electron chi connectivity index (χ0n) is 12.5. The van der Waals surface area contributed by atoms with E-state index in [1.54, 1.807) is 30.3 Å². The fourth-order valence-electron chi connectivity index (χ4n) is 2.42. The molecule has 0 bridgehead atoms. The number of benzene rings is 3. The van der Waals surface area contributed by atoms with Crippen LogP contribution in [-0.2, 0) is 0 Å². The lowest BCUT2D eigenvalue weighted by Crippen LogP contribution is -2.02. The number of carbonyl (C=O) groups is 1. The fourth-order valence-corrected chi connectivity index (χ4v) is 3.11. The summed E-state index contributed by atoms with van der Waals surface area (Å²) in [5.74, 6) is -0.977. The Balaban J connectivity index is 1.92. The molecule has 0 aliphatic carbocycles. The van der Waals surface area contributed by atoms with Gasteiger partial charge in [0.2, 0.25) is 0 Å². The van der Waals surface area contributed by atoms with E-state index >= 15 is 0 Å². The van der Waals surface area contributed by atoms with E-state index in [9.17, 15) is 9.90 Å². The van der Waals surface area contributed by atoms with E-state index in [4.69, 9.17) is 11.6 Å². The van der Waals surface area contributed by atoms with Crippen molar-refractivity contribution in [3.8, 4) is 11.1 Å². The number of nitrogens with one attached hydrogen (secondary N) is 1. The Morgan fingerprint density at radius 2 is 1.79 bits per heavy atom. The summed E-state index contributed by atoms with van der Waals surface area (Å²) in [5.41, 5.74) is 3.38. The van der Waals surface area contributed by atoms with Gasteiger partial charge in [0.05, 0.1) is 16.3 Å². The molecule has 0 saturated carbocycles. The lowest BCUT2D eigenvalue weighted by Gasteiger charge is -2.12. The number of halogens is 2. The average molecular weight is 403 g/mol. The maximum atomic E-state index is 11.3. The minimum atomic E-state index is -0.977. The van der Waals surface area contributed by atoms with Crippen molar-refractivity contribution < 1.29 is 9.90 Å². The van der Waals surface area contributed by atoms with E-state index in [2.05, 4.69) is 21.2 Å². The van der Waals surface area contributed by atoms with Gasteiger partial charge in [-0.3, -0.25) is 0 Å². The maximum Gasteiger partial charge on any atom is 0.337 e. The van der Waals surface area contributed by atoms with Crippen molar-refractivity contribution in [3.63, 3.8) is 0 Å². The smallest absolute Gasteiger partial charge is 0.337 e. The molecule has 3 nitrogen and oxygen atoms in total. The second kappa shape index (κ2) is 7.07. The van der Waals surface area contributed by atoms with Crippen LogP contribution in [0.3, 0.4) is 0 Å². The van der Waals surface area contributed by atoms with Gasteiger partial charge in [-0.2, -0.15) is 0 Å². The second-order valence-electron chi connectivity index (χ2n) is 5.18. The van der Waals surface area contributed by atoms with Crippen molar-refractivity contribution in [3.05, 3.63) is 81.8 Å². The first kappa shape index (κ1) is 16.6. The summed E-state index contributed by atoms with van der Waals surface area (Å²) in [7, 11) is 0. The minimum Gasteiger partial charge on any atom is -0.478 e. The van der Waals surface area contributed by atoms with Crippen LogP contribution in [0.1, 0.15) is 10.4 Å². The SMILES string of the molecule is O=C(O)c1ccccc1Nc1ccc(-c2cccc(Br)c2)c(Cl)c1. The third-order valence-corrected chi connectivity index (χ3v) is 4.35. The molecule has 0 radical (unpaired) electrons. The Bertz CT molecular complexity index is 911. The molecule has 3 aromatic rings. The Hall–Kier alpha value is -2.30. The molecule has 0 fully saturated rings. The van der Waals surface area contributed by atoms with Gasteiger partial charge < -0.3 is 10.4 Å². The molecule has 3 aromatic carbocycles. The highest BCUT2D eigenvalue weighted by Crippen LogP contribution is 2.33. The average Bonchev–Trinajstić information content (AvgIpc) is 2.55. The Kier molecular flexibility index (Phi) is 4.88. The predicted molar refractivity (Wildman–Crippen MR) is 101 cm³/mol. The van der Waals surface area contributed by atoms with Gasteiger partial charge in [0.1, 0.15) is 0 Å². The van der Waals surface area contributed by atoms with Crippen molar-refractivity contribution in [2.24, 2.45) is 0 Å². The summed E-state index contributed by atoms with van der Waals surface area (Å²) in [6, 6.07) is 20.2. The zero-order chi connectivity index (χ0) is 17.1. The van der Waals surface area contributed by atoms with Crippen molar-refractivity contribution in [1.29, 1.82) is 0 Å². The molecule has 0 aliphatic rings. The monoisotopic (exact) mass is 401 g/mol.